The summed E-state index contributed by atoms with van der Waals surface area (Å²) >= 11 is 3.34. The third kappa shape index (κ3) is 5.45. The lowest BCUT2D eigenvalue weighted by atomic mass is 9.89. The van der Waals surface area contributed by atoms with E-state index in [1.807, 2.05) is 24.3 Å². The lowest BCUT2D eigenvalue weighted by molar-refractivity contribution is -0.225. The smallest absolute Gasteiger partial charge is 0.184 e. The molecule has 2 saturated heterocycles. The van der Waals surface area contributed by atoms with Crippen molar-refractivity contribution in [3.8, 4) is 5.75 Å². The van der Waals surface area contributed by atoms with Crippen molar-refractivity contribution in [2.75, 3.05) is 13.7 Å². The van der Waals surface area contributed by atoms with E-state index in [1.165, 1.54) is 0 Å². The monoisotopic (exact) mass is 452 g/mol. The molecular formula is C22H29BrO5. The first-order chi connectivity index (χ1) is 13.4. The maximum Gasteiger partial charge on any atom is 0.184 e. The van der Waals surface area contributed by atoms with Gasteiger partial charge in [0.2, 0.25) is 0 Å². The van der Waals surface area contributed by atoms with E-state index in [1.54, 1.807) is 7.11 Å². The molecule has 6 heteroatoms. The van der Waals surface area contributed by atoms with Gasteiger partial charge in [-0.15, -0.1) is 0 Å². The summed E-state index contributed by atoms with van der Waals surface area (Å²) in [6.07, 6.45) is 0.981. The van der Waals surface area contributed by atoms with Gasteiger partial charge in [0, 0.05) is 17.9 Å². The molecule has 0 amide bonds. The molecule has 1 unspecified atom stereocenters. The van der Waals surface area contributed by atoms with Gasteiger partial charge in [-0.1, -0.05) is 53.7 Å². The Bertz CT molecular complexity index is 689. The van der Waals surface area contributed by atoms with E-state index >= 15 is 0 Å². The van der Waals surface area contributed by atoms with Crippen LogP contribution in [0.5, 0.6) is 5.75 Å². The van der Waals surface area contributed by atoms with Crippen LogP contribution in [0.4, 0.5) is 0 Å². The van der Waals surface area contributed by atoms with Gasteiger partial charge in [0.25, 0.3) is 0 Å². The third-order valence-electron chi connectivity index (χ3n) is 5.45. The quantitative estimate of drug-likeness (QED) is 0.441. The highest BCUT2D eigenvalue weighted by atomic mass is 79.9. The highest BCUT2D eigenvalue weighted by Crippen LogP contribution is 2.37. The Morgan fingerprint density at radius 3 is 2.64 bits per heavy atom. The van der Waals surface area contributed by atoms with Gasteiger partial charge in [0.1, 0.15) is 11.9 Å². The summed E-state index contributed by atoms with van der Waals surface area (Å²) in [6.45, 7) is 10.8. The van der Waals surface area contributed by atoms with Gasteiger partial charge >= 0.3 is 0 Å². The van der Waals surface area contributed by atoms with Gasteiger partial charge in [0.15, 0.2) is 6.29 Å². The topological polar surface area (TPSA) is 60.5 Å². The van der Waals surface area contributed by atoms with Gasteiger partial charge in [-0.25, -0.2) is 0 Å². The number of aliphatic hydroxyl groups is 1. The second kappa shape index (κ2) is 9.55. The van der Waals surface area contributed by atoms with Gasteiger partial charge in [0.05, 0.1) is 32.0 Å². The summed E-state index contributed by atoms with van der Waals surface area (Å²) in [7, 11) is 1.64. The van der Waals surface area contributed by atoms with Crippen LogP contribution in [0.3, 0.4) is 0 Å². The number of ether oxygens (including phenoxy) is 4. The van der Waals surface area contributed by atoms with Crippen LogP contribution in [0, 0.1) is 5.92 Å². The van der Waals surface area contributed by atoms with Crippen molar-refractivity contribution >= 4 is 15.9 Å². The molecule has 2 aliphatic heterocycles. The standard InChI is InChI=1S/C22H29BrO5/c1-13(11-18(24)21-20(27-21)12-14(2)23)15(3)19-9-10-26-22(28-19)16-5-7-17(25-4)8-6-16/h5-8,15,18-22,24H,1-2,9-12H2,3-4H3/t15-,18+,19-,20-,21+,22?/m1/s1. The average Bonchev–Trinajstić information content (AvgIpc) is 3.46. The average molecular weight is 453 g/mol. The van der Waals surface area contributed by atoms with Crippen molar-refractivity contribution in [1.82, 2.24) is 0 Å². The fourth-order valence-electron chi connectivity index (χ4n) is 3.57. The molecule has 3 rings (SSSR count). The van der Waals surface area contributed by atoms with Crippen LogP contribution in [0.2, 0.25) is 0 Å². The summed E-state index contributed by atoms with van der Waals surface area (Å²) in [5.74, 6) is 0.915. The fraction of sp³-hybridized carbons (Fsp3) is 0.545. The predicted octanol–water partition coefficient (Wildman–Crippen LogP) is 4.51. The first kappa shape index (κ1) is 21.5. The van der Waals surface area contributed by atoms with E-state index in [0.717, 1.165) is 34.2 Å². The number of epoxide rings is 1. The molecule has 0 aromatic heterocycles. The van der Waals surface area contributed by atoms with Crippen LogP contribution in [-0.2, 0) is 14.2 Å². The zero-order valence-corrected chi connectivity index (χ0v) is 18.1. The van der Waals surface area contributed by atoms with E-state index in [4.69, 9.17) is 18.9 Å². The molecule has 5 nitrogen and oxygen atoms in total. The number of hydrogen-bond acceptors (Lipinski definition) is 5. The fourth-order valence-corrected chi connectivity index (χ4v) is 3.89. The van der Waals surface area contributed by atoms with Crippen molar-refractivity contribution in [3.05, 3.63) is 53.0 Å². The molecule has 2 heterocycles. The van der Waals surface area contributed by atoms with Gasteiger partial charge in [-0.05, 0) is 29.5 Å². The molecule has 1 N–H and O–H groups in total. The van der Waals surface area contributed by atoms with Crippen molar-refractivity contribution < 1.29 is 24.1 Å². The summed E-state index contributed by atoms with van der Waals surface area (Å²) in [5, 5.41) is 10.5. The Morgan fingerprint density at radius 1 is 1.29 bits per heavy atom. The number of halogens is 1. The molecule has 28 heavy (non-hydrogen) atoms. The molecule has 0 aliphatic carbocycles. The number of aliphatic hydroxyl groups excluding tert-OH is 1. The highest BCUT2D eigenvalue weighted by molar-refractivity contribution is 9.11. The minimum atomic E-state index is -0.552. The summed E-state index contributed by atoms with van der Waals surface area (Å²) in [4.78, 5) is 0. The van der Waals surface area contributed by atoms with Crippen LogP contribution < -0.4 is 4.74 Å². The molecular weight excluding hydrogens is 424 g/mol. The molecule has 0 spiro atoms. The van der Waals surface area contributed by atoms with Gasteiger partial charge in [-0.2, -0.15) is 0 Å². The minimum absolute atomic E-state index is 0.00112. The second-order valence-electron chi connectivity index (χ2n) is 7.52. The summed E-state index contributed by atoms with van der Waals surface area (Å²) in [5.41, 5.74) is 1.94. The van der Waals surface area contributed by atoms with Crippen LogP contribution in [-0.4, -0.2) is 43.2 Å². The summed E-state index contributed by atoms with van der Waals surface area (Å²) in [6, 6.07) is 7.71. The Morgan fingerprint density at radius 2 is 2.00 bits per heavy atom. The van der Waals surface area contributed by atoms with E-state index < -0.39 is 12.4 Å². The van der Waals surface area contributed by atoms with E-state index in [9.17, 15) is 5.11 Å². The molecule has 0 saturated carbocycles. The van der Waals surface area contributed by atoms with Crippen LogP contribution in [0.25, 0.3) is 0 Å². The predicted molar refractivity (Wildman–Crippen MR) is 111 cm³/mol. The van der Waals surface area contributed by atoms with E-state index in [2.05, 4.69) is 36.0 Å². The lowest BCUT2D eigenvalue weighted by Gasteiger charge is -2.35. The van der Waals surface area contributed by atoms with E-state index in [-0.39, 0.29) is 24.2 Å². The Balaban J connectivity index is 1.52. The van der Waals surface area contributed by atoms with Crippen molar-refractivity contribution in [1.29, 1.82) is 0 Å². The molecule has 1 aromatic rings. The Kier molecular flexibility index (Phi) is 7.34. The largest absolute Gasteiger partial charge is 0.497 e. The molecule has 2 fully saturated rings. The molecule has 0 bridgehead atoms. The Labute approximate surface area is 175 Å². The van der Waals surface area contributed by atoms with Crippen LogP contribution in [0.15, 0.2) is 47.5 Å². The minimum Gasteiger partial charge on any atom is -0.497 e. The van der Waals surface area contributed by atoms with Gasteiger partial charge in [-0.3, -0.25) is 0 Å². The normalized spacial score (nSPS) is 29.0. The SMILES string of the molecule is C=C(Br)C[C@H]1O[C@H]1[C@@H](O)CC(=C)[C@@H](C)[C@H]1CCOC(c2ccc(OC)cc2)O1. The van der Waals surface area contributed by atoms with Crippen molar-refractivity contribution in [3.63, 3.8) is 0 Å². The number of benzene rings is 1. The van der Waals surface area contributed by atoms with Crippen molar-refractivity contribution in [2.45, 2.75) is 56.9 Å². The van der Waals surface area contributed by atoms with Crippen molar-refractivity contribution in [2.24, 2.45) is 5.92 Å². The van der Waals surface area contributed by atoms with Crippen LogP contribution >= 0.6 is 15.9 Å². The van der Waals surface area contributed by atoms with Crippen LogP contribution in [0.1, 0.15) is 38.0 Å². The zero-order valence-electron chi connectivity index (χ0n) is 16.5. The first-order valence-electron chi connectivity index (χ1n) is 9.64. The number of methoxy groups -OCH3 is 1. The van der Waals surface area contributed by atoms with Gasteiger partial charge < -0.3 is 24.1 Å². The number of hydrogen-bond donors (Lipinski definition) is 1. The first-order valence-corrected chi connectivity index (χ1v) is 10.4. The van der Waals surface area contributed by atoms with E-state index in [0.29, 0.717) is 13.0 Å². The maximum atomic E-state index is 10.5. The zero-order chi connectivity index (χ0) is 20.3. The number of rotatable bonds is 9. The second-order valence-corrected chi connectivity index (χ2v) is 8.64. The molecule has 2 aliphatic rings. The molecule has 6 atom stereocenters. The summed E-state index contributed by atoms with van der Waals surface area (Å²) < 4.78 is 23.7. The lowest BCUT2D eigenvalue weighted by Crippen LogP contribution is -2.33. The molecule has 154 valence electrons. The third-order valence-corrected chi connectivity index (χ3v) is 5.78. The molecule has 1 aromatic carbocycles. The maximum absolute atomic E-state index is 10.5. The Hall–Kier alpha value is -1.18. The molecule has 0 radical (unpaired) electrons. The highest BCUT2D eigenvalue weighted by Gasteiger charge is 2.44.